The summed E-state index contributed by atoms with van der Waals surface area (Å²) in [7, 11) is 0. The van der Waals surface area contributed by atoms with Gasteiger partial charge in [-0.3, -0.25) is 0 Å². The van der Waals surface area contributed by atoms with Crippen molar-refractivity contribution in [2.75, 3.05) is 26.4 Å². The van der Waals surface area contributed by atoms with Gasteiger partial charge in [0.25, 0.3) is 0 Å². The van der Waals surface area contributed by atoms with E-state index >= 15 is 0 Å². The Morgan fingerprint density at radius 2 is 0.967 bits per heavy atom. The van der Waals surface area contributed by atoms with Gasteiger partial charge in [0, 0.05) is 11.1 Å². The minimum absolute atomic E-state index is 0.0614. The molecule has 3 aromatic rings. The van der Waals surface area contributed by atoms with E-state index in [1.165, 1.54) is 22.3 Å². The van der Waals surface area contributed by atoms with E-state index < -0.39 is 0 Å². The molecule has 3 aromatic carbocycles. The molecular weight excluding hydrogens is 376 g/mol. The highest BCUT2D eigenvalue weighted by molar-refractivity contribution is 5.82. The highest BCUT2D eigenvalue weighted by atomic mass is 16.5. The molecule has 158 valence electrons. The molecule has 0 amide bonds. The first-order valence-corrected chi connectivity index (χ1v) is 10.2. The Balaban J connectivity index is 2.20. The van der Waals surface area contributed by atoms with Crippen molar-refractivity contribution >= 4 is 0 Å². The second-order valence-electron chi connectivity index (χ2n) is 7.59. The minimum atomic E-state index is -0.0614. The van der Waals surface area contributed by atoms with Crippen LogP contribution in [0, 0.1) is 27.7 Å². The van der Waals surface area contributed by atoms with Crippen molar-refractivity contribution in [2.24, 2.45) is 0 Å². The van der Waals surface area contributed by atoms with Gasteiger partial charge in [-0.05, 0) is 73.2 Å². The van der Waals surface area contributed by atoms with Crippen molar-refractivity contribution < 1.29 is 19.7 Å². The second kappa shape index (κ2) is 9.79. The highest BCUT2D eigenvalue weighted by Gasteiger charge is 2.16. The smallest absolute Gasteiger partial charge is 0.128 e. The Morgan fingerprint density at radius 3 is 1.30 bits per heavy atom. The summed E-state index contributed by atoms with van der Waals surface area (Å²) in [5, 5.41) is 18.6. The first-order valence-electron chi connectivity index (χ1n) is 10.2. The van der Waals surface area contributed by atoms with Gasteiger partial charge in [-0.15, -0.1) is 0 Å². The van der Waals surface area contributed by atoms with Crippen molar-refractivity contribution in [3.05, 3.63) is 70.8 Å². The van der Waals surface area contributed by atoms with Crippen LogP contribution in [0.15, 0.2) is 48.5 Å². The fraction of sp³-hybridized carbons (Fsp3) is 0.308. The standard InChI is InChI=1S/C26H30O4/c1-17-5-7-21(13-19(17)3)23-15-26(30-12-10-28)24(16-25(23)29-11-9-27)22-8-6-18(2)20(4)14-22/h5-8,13-16,27-28H,9-12H2,1-4H3. The van der Waals surface area contributed by atoms with Gasteiger partial charge in [0.1, 0.15) is 24.7 Å². The molecule has 0 radical (unpaired) electrons. The average Bonchev–Trinajstić information content (AvgIpc) is 2.74. The molecule has 0 aliphatic heterocycles. The summed E-state index contributed by atoms with van der Waals surface area (Å²) in [6.07, 6.45) is 0. The molecular formula is C26H30O4. The van der Waals surface area contributed by atoms with Gasteiger partial charge in [0.2, 0.25) is 0 Å². The van der Waals surface area contributed by atoms with Crippen molar-refractivity contribution in [2.45, 2.75) is 27.7 Å². The zero-order valence-electron chi connectivity index (χ0n) is 18.2. The van der Waals surface area contributed by atoms with E-state index in [0.717, 1.165) is 22.3 Å². The minimum Gasteiger partial charge on any atom is -0.491 e. The van der Waals surface area contributed by atoms with Gasteiger partial charge in [-0.25, -0.2) is 0 Å². The van der Waals surface area contributed by atoms with Gasteiger partial charge in [0.15, 0.2) is 0 Å². The van der Waals surface area contributed by atoms with E-state index in [4.69, 9.17) is 9.47 Å². The van der Waals surface area contributed by atoms with Crippen LogP contribution in [0.1, 0.15) is 22.3 Å². The van der Waals surface area contributed by atoms with E-state index in [1.807, 2.05) is 12.1 Å². The van der Waals surface area contributed by atoms with Crippen molar-refractivity contribution in [3.8, 4) is 33.8 Å². The van der Waals surface area contributed by atoms with E-state index in [9.17, 15) is 10.2 Å². The van der Waals surface area contributed by atoms with Crippen LogP contribution in [-0.2, 0) is 0 Å². The molecule has 2 N–H and O–H groups in total. The lowest BCUT2D eigenvalue weighted by Crippen LogP contribution is -2.06. The lowest BCUT2D eigenvalue weighted by atomic mass is 9.94. The molecule has 0 bridgehead atoms. The SMILES string of the molecule is Cc1ccc(-c2cc(OCCO)c(-c3ccc(C)c(C)c3)cc2OCCO)cc1C. The molecule has 0 aliphatic rings. The Hall–Kier alpha value is -2.82. The maximum atomic E-state index is 9.32. The third-order valence-corrected chi connectivity index (χ3v) is 5.42. The van der Waals surface area contributed by atoms with Crippen molar-refractivity contribution in [1.82, 2.24) is 0 Å². The Labute approximate surface area is 178 Å². The molecule has 0 aromatic heterocycles. The molecule has 0 atom stereocenters. The molecule has 3 rings (SSSR count). The molecule has 0 fully saturated rings. The number of aliphatic hydroxyl groups excluding tert-OH is 2. The van der Waals surface area contributed by atoms with E-state index in [1.54, 1.807) is 0 Å². The Kier molecular flexibility index (Phi) is 7.14. The summed E-state index contributed by atoms with van der Waals surface area (Å²) in [5.74, 6) is 1.38. The van der Waals surface area contributed by atoms with Crippen LogP contribution in [0.25, 0.3) is 22.3 Å². The highest BCUT2D eigenvalue weighted by Crippen LogP contribution is 2.41. The Morgan fingerprint density at radius 1 is 0.567 bits per heavy atom. The summed E-state index contributed by atoms with van der Waals surface area (Å²) >= 11 is 0. The van der Waals surface area contributed by atoms with Crippen LogP contribution in [0.2, 0.25) is 0 Å². The van der Waals surface area contributed by atoms with Crippen LogP contribution in [0.4, 0.5) is 0 Å². The number of benzene rings is 3. The predicted molar refractivity (Wildman–Crippen MR) is 121 cm³/mol. The number of aliphatic hydroxyl groups is 2. The monoisotopic (exact) mass is 406 g/mol. The number of ether oxygens (including phenoxy) is 2. The topological polar surface area (TPSA) is 58.9 Å². The summed E-state index contributed by atoms with van der Waals surface area (Å²) in [6, 6.07) is 16.5. The molecule has 0 saturated heterocycles. The van der Waals surface area contributed by atoms with Gasteiger partial charge < -0.3 is 19.7 Å². The van der Waals surface area contributed by atoms with Gasteiger partial charge in [-0.2, -0.15) is 0 Å². The maximum absolute atomic E-state index is 9.32. The van der Waals surface area contributed by atoms with Gasteiger partial charge >= 0.3 is 0 Å². The fourth-order valence-electron chi connectivity index (χ4n) is 3.38. The molecule has 0 spiro atoms. The van der Waals surface area contributed by atoms with Gasteiger partial charge in [0.05, 0.1) is 13.2 Å². The zero-order chi connectivity index (χ0) is 21.7. The fourth-order valence-corrected chi connectivity index (χ4v) is 3.38. The summed E-state index contributed by atoms with van der Waals surface area (Å²) in [6.45, 7) is 8.63. The van der Waals surface area contributed by atoms with Crippen LogP contribution in [0.3, 0.4) is 0 Å². The number of rotatable bonds is 8. The summed E-state index contributed by atoms with van der Waals surface area (Å²) in [5.41, 5.74) is 8.66. The van der Waals surface area contributed by atoms with Crippen molar-refractivity contribution in [3.63, 3.8) is 0 Å². The van der Waals surface area contributed by atoms with Crippen LogP contribution in [0.5, 0.6) is 11.5 Å². The Bertz CT molecular complexity index is 941. The first kappa shape index (κ1) is 21.9. The molecule has 30 heavy (non-hydrogen) atoms. The molecule has 4 heteroatoms. The first-order chi connectivity index (χ1) is 14.4. The van der Waals surface area contributed by atoms with Crippen LogP contribution >= 0.6 is 0 Å². The lowest BCUT2D eigenvalue weighted by Gasteiger charge is -2.19. The van der Waals surface area contributed by atoms with E-state index in [2.05, 4.69) is 64.1 Å². The molecule has 4 nitrogen and oxygen atoms in total. The number of aryl methyl sites for hydroxylation is 4. The number of hydrogen-bond acceptors (Lipinski definition) is 4. The molecule has 0 saturated carbocycles. The van der Waals surface area contributed by atoms with E-state index in [-0.39, 0.29) is 26.4 Å². The van der Waals surface area contributed by atoms with E-state index in [0.29, 0.717) is 11.5 Å². The molecule has 0 heterocycles. The molecule has 0 aliphatic carbocycles. The van der Waals surface area contributed by atoms with Crippen LogP contribution < -0.4 is 9.47 Å². The summed E-state index contributed by atoms with van der Waals surface area (Å²) in [4.78, 5) is 0. The average molecular weight is 407 g/mol. The maximum Gasteiger partial charge on any atom is 0.128 e. The normalized spacial score (nSPS) is 10.9. The number of hydrogen-bond donors (Lipinski definition) is 2. The lowest BCUT2D eigenvalue weighted by molar-refractivity contribution is 0.199. The quantitative estimate of drug-likeness (QED) is 0.553. The van der Waals surface area contributed by atoms with Gasteiger partial charge in [-0.1, -0.05) is 36.4 Å². The summed E-state index contributed by atoms with van der Waals surface area (Å²) < 4.78 is 11.9. The van der Waals surface area contributed by atoms with Crippen molar-refractivity contribution in [1.29, 1.82) is 0 Å². The third kappa shape index (κ3) is 4.84. The molecule has 0 unspecified atom stereocenters. The third-order valence-electron chi connectivity index (χ3n) is 5.42. The van der Waals surface area contributed by atoms with Crippen LogP contribution in [-0.4, -0.2) is 36.6 Å². The predicted octanol–water partition coefficient (Wildman–Crippen LogP) is 5.00. The second-order valence-corrected chi connectivity index (χ2v) is 7.59. The largest absolute Gasteiger partial charge is 0.491 e. The zero-order valence-corrected chi connectivity index (χ0v) is 18.2.